The number of benzene rings is 2. The van der Waals surface area contributed by atoms with Crippen LogP contribution in [0.2, 0.25) is 0 Å². The van der Waals surface area contributed by atoms with Gasteiger partial charge in [-0.2, -0.15) is 0 Å². The first kappa shape index (κ1) is 11.2. The van der Waals surface area contributed by atoms with E-state index in [9.17, 15) is 4.55 Å². The molecule has 0 bridgehead atoms. The van der Waals surface area contributed by atoms with Gasteiger partial charge >= 0.3 is 0 Å². The Morgan fingerprint density at radius 2 is 1.44 bits per heavy atom. The minimum Gasteiger partial charge on any atom is -0.616 e. The van der Waals surface area contributed by atoms with E-state index < -0.39 is 11.2 Å². The molecular formula is C14H13OS. The molecule has 0 saturated carbocycles. The Morgan fingerprint density at radius 1 is 0.875 bits per heavy atom. The van der Waals surface area contributed by atoms with Gasteiger partial charge in [0.05, 0.1) is 0 Å². The molecule has 0 aromatic heterocycles. The third-order valence-electron chi connectivity index (χ3n) is 2.29. The van der Waals surface area contributed by atoms with Gasteiger partial charge < -0.3 is 4.55 Å². The predicted molar refractivity (Wildman–Crippen MR) is 67.3 cm³/mol. The van der Waals surface area contributed by atoms with Crippen LogP contribution in [0.15, 0.2) is 54.6 Å². The van der Waals surface area contributed by atoms with E-state index in [1.807, 2.05) is 54.6 Å². The highest BCUT2D eigenvalue weighted by atomic mass is 32.2. The lowest BCUT2D eigenvalue weighted by molar-refractivity contribution is 0.593. The fraction of sp³-hybridized carbons (Fsp3) is 0.143. The lowest BCUT2D eigenvalue weighted by Gasteiger charge is -2.10. The van der Waals surface area contributed by atoms with E-state index in [2.05, 4.69) is 6.07 Å². The maximum Gasteiger partial charge on any atom is 0.131 e. The monoisotopic (exact) mass is 229 g/mol. The van der Waals surface area contributed by atoms with E-state index in [1.54, 1.807) is 0 Å². The molecule has 0 aliphatic carbocycles. The molecule has 1 radical (unpaired) electrons. The van der Waals surface area contributed by atoms with Crippen LogP contribution in [-0.4, -0.2) is 4.55 Å². The number of hydrogen-bond acceptors (Lipinski definition) is 1. The van der Waals surface area contributed by atoms with Crippen molar-refractivity contribution in [1.29, 1.82) is 0 Å². The fourth-order valence-corrected chi connectivity index (χ4v) is 2.75. The number of rotatable bonds is 4. The Kier molecular flexibility index (Phi) is 4.03. The van der Waals surface area contributed by atoms with E-state index in [1.165, 1.54) is 0 Å². The maximum atomic E-state index is 11.9. The first-order valence-electron chi connectivity index (χ1n) is 5.18. The standard InChI is InChI=1S/C14H13OS/c15-16(11-13-7-3-1-4-8-13)12-14-9-5-2-6-10-14/h1,3-10H,11-12H2. The molecule has 0 aliphatic heterocycles. The lowest BCUT2D eigenvalue weighted by atomic mass is 10.2. The molecule has 0 aliphatic rings. The van der Waals surface area contributed by atoms with Gasteiger partial charge in [-0.3, -0.25) is 0 Å². The largest absolute Gasteiger partial charge is 0.616 e. The molecule has 0 N–H and O–H groups in total. The molecule has 0 fully saturated rings. The van der Waals surface area contributed by atoms with Crippen molar-refractivity contribution in [3.05, 3.63) is 71.8 Å². The molecule has 2 aromatic rings. The Labute approximate surface area is 99.3 Å². The zero-order valence-corrected chi connectivity index (χ0v) is 9.74. The summed E-state index contributed by atoms with van der Waals surface area (Å²) >= 11 is -0.836. The molecule has 1 nitrogen and oxygen atoms in total. The van der Waals surface area contributed by atoms with Crippen molar-refractivity contribution in [3.8, 4) is 0 Å². The van der Waals surface area contributed by atoms with Crippen molar-refractivity contribution >= 4 is 11.2 Å². The van der Waals surface area contributed by atoms with Gasteiger partial charge in [0, 0.05) is 11.1 Å². The van der Waals surface area contributed by atoms with Crippen molar-refractivity contribution in [2.75, 3.05) is 0 Å². The first-order chi connectivity index (χ1) is 7.84. The third kappa shape index (κ3) is 3.40. The van der Waals surface area contributed by atoms with Gasteiger partial charge in [-0.05, 0) is 17.2 Å². The van der Waals surface area contributed by atoms with Gasteiger partial charge in [0.2, 0.25) is 0 Å². The smallest absolute Gasteiger partial charge is 0.131 e. The van der Waals surface area contributed by atoms with Crippen LogP contribution < -0.4 is 0 Å². The highest BCUT2D eigenvalue weighted by molar-refractivity contribution is 7.89. The van der Waals surface area contributed by atoms with Crippen LogP contribution in [0.5, 0.6) is 0 Å². The van der Waals surface area contributed by atoms with Crippen LogP contribution in [0.3, 0.4) is 0 Å². The minimum absolute atomic E-state index is 0.615. The van der Waals surface area contributed by atoms with Crippen LogP contribution in [0.25, 0.3) is 0 Å². The minimum atomic E-state index is -0.836. The quantitative estimate of drug-likeness (QED) is 0.739. The van der Waals surface area contributed by atoms with Crippen molar-refractivity contribution in [2.45, 2.75) is 11.5 Å². The van der Waals surface area contributed by atoms with Gasteiger partial charge in [-0.1, -0.05) is 54.6 Å². The normalized spacial score (nSPS) is 10.6. The van der Waals surface area contributed by atoms with E-state index in [4.69, 9.17) is 0 Å². The van der Waals surface area contributed by atoms with Crippen molar-refractivity contribution in [3.63, 3.8) is 0 Å². The molecule has 0 amide bonds. The van der Waals surface area contributed by atoms with Crippen LogP contribution >= 0.6 is 0 Å². The van der Waals surface area contributed by atoms with E-state index in [0.29, 0.717) is 11.5 Å². The summed E-state index contributed by atoms with van der Waals surface area (Å²) < 4.78 is 11.9. The lowest BCUT2D eigenvalue weighted by Crippen LogP contribution is -2.07. The highest BCUT2D eigenvalue weighted by Crippen LogP contribution is 2.11. The summed E-state index contributed by atoms with van der Waals surface area (Å²) in [6, 6.07) is 20.5. The van der Waals surface area contributed by atoms with E-state index in [-0.39, 0.29) is 0 Å². The van der Waals surface area contributed by atoms with Crippen LogP contribution in [-0.2, 0) is 22.7 Å². The van der Waals surface area contributed by atoms with Gasteiger partial charge in [0.1, 0.15) is 11.5 Å². The zero-order valence-electron chi connectivity index (χ0n) is 8.93. The first-order valence-corrected chi connectivity index (χ1v) is 6.67. The van der Waals surface area contributed by atoms with Gasteiger partial charge in [0.25, 0.3) is 0 Å². The predicted octanol–water partition coefficient (Wildman–Crippen LogP) is 2.94. The summed E-state index contributed by atoms with van der Waals surface area (Å²) in [5.74, 6) is 1.24. The molecule has 2 rings (SSSR count). The molecule has 2 heteroatoms. The second-order valence-electron chi connectivity index (χ2n) is 3.62. The molecule has 16 heavy (non-hydrogen) atoms. The Morgan fingerprint density at radius 3 is 2.06 bits per heavy atom. The molecular weight excluding hydrogens is 216 g/mol. The van der Waals surface area contributed by atoms with Crippen LogP contribution in [0, 0.1) is 6.07 Å². The van der Waals surface area contributed by atoms with Crippen molar-refractivity contribution in [1.82, 2.24) is 0 Å². The summed E-state index contributed by atoms with van der Waals surface area (Å²) in [5.41, 5.74) is 2.23. The summed E-state index contributed by atoms with van der Waals surface area (Å²) in [6.07, 6.45) is 0. The van der Waals surface area contributed by atoms with Gasteiger partial charge in [-0.15, -0.1) is 0 Å². The molecule has 81 valence electrons. The van der Waals surface area contributed by atoms with Crippen molar-refractivity contribution in [2.24, 2.45) is 0 Å². The molecule has 0 saturated heterocycles. The second-order valence-corrected chi connectivity index (χ2v) is 5.08. The Hall–Kier alpha value is -1.25. The van der Waals surface area contributed by atoms with Gasteiger partial charge in [0.15, 0.2) is 0 Å². The van der Waals surface area contributed by atoms with Gasteiger partial charge in [-0.25, -0.2) is 0 Å². The molecule has 1 unspecified atom stereocenters. The summed E-state index contributed by atoms with van der Waals surface area (Å²) in [5, 5.41) is 0. The Bertz CT molecular complexity index is 372. The molecule has 2 aromatic carbocycles. The van der Waals surface area contributed by atoms with E-state index in [0.717, 1.165) is 11.1 Å². The average Bonchev–Trinajstić information content (AvgIpc) is 2.31. The summed E-state index contributed by atoms with van der Waals surface area (Å²) in [6.45, 7) is 0. The zero-order chi connectivity index (χ0) is 11.2. The maximum absolute atomic E-state index is 11.9. The van der Waals surface area contributed by atoms with Crippen LogP contribution in [0.1, 0.15) is 11.1 Å². The highest BCUT2D eigenvalue weighted by Gasteiger charge is 2.08. The average molecular weight is 229 g/mol. The number of hydrogen-bond donors (Lipinski definition) is 0. The summed E-state index contributed by atoms with van der Waals surface area (Å²) in [7, 11) is 0. The van der Waals surface area contributed by atoms with Crippen LogP contribution in [0.4, 0.5) is 0 Å². The third-order valence-corrected chi connectivity index (χ3v) is 3.60. The topological polar surface area (TPSA) is 23.1 Å². The van der Waals surface area contributed by atoms with E-state index >= 15 is 0 Å². The second kappa shape index (κ2) is 5.73. The van der Waals surface area contributed by atoms with Crippen molar-refractivity contribution < 1.29 is 4.55 Å². The SMILES string of the molecule is [O-][S+](Cc1cc[c]cc1)Cc1ccccc1. The molecule has 0 spiro atoms. The summed E-state index contributed by atoms with van der Waals surface area (Å²) in [4.78, 5) is 0. The molecule has 0 heterocycles. The Balaban J connectivity index is 1.92. The fourth-order valence-electron chi connectivity index (χ4n) is 1.51. The molecule has 1 atom stereocenters.